The number of rotatable bonds is 3. The Morgan fingerprint density at radius 3 is 2.92 bits per heavy atom. The number of hydrogen-bond acceptors (Lipinski definition) is 3. The second-order valence-corrected chi connectivity index (χ2v) is 3.31. The van der Waals surface area contributed by atoms with E-state index in [0.29, 0.717) is 0 Å². The molecule has 0 fully saturated rings. The third-order valence-electron chi connectivity index (χ3n) is 2.19. The van der Waals surface area contributed by atoms with Crippen molar-refractivity contribution in [2.75, 3.05) is 6.61 Å². The first-order valence-electron chi connectivity index (χ1n) is 4.60. The van der Waals surface area contributed by atoms with Crippen LogP contribution in [0.1, 0.15) is 19.3 Å². The average molecular weight is 184 g/mol. The number of aliphatic hydroxyl groups is 3. The van der Waals surface area contributed by atoms with E-state index in [1.807, 2.05) is 6.08 Å². The lowest BCUT2D eigenvalue weighted by Gasteiger charge is -2.14. The van der Waals surface area contributed by atoms with Gasteiger partial charge in [0.15, 0.2) is 0 Å². The zero-order valence-corrected chi connectivity index (χ0v) is 7.56. The monoisotopic (exact) mass is 184 g/mol. The van der Waals surface area contributed by atoms with Crippen LogP contribution in [0.25, 0.3) is 0 Å². The molecule has 2 atom stereocenters. The van der Waals surface area contributed by atoms with Gasteiger partial charge in [0.25, 0.3) is 0 Å². The number of aliphatic hydroxyl groups excluding tert-OH is 3. The molecule has 0 saturated carbocycles. The minimum atomic E-state index is -1.13. The molecule has 13 heavy (non-hydrogen) atoms. The average Bonchev–Trinajstić information content (AvgIpc) is 2.18. The molecule has 1 aliphatic carbocycles. The molecule has 0 aromatic heterocycles. The predicted molar refractivity (Wildman–Crippen MR) is 50.3 cm³/mol. The van der Waals surface area contributed by atoms with E-state index in [2.05, 4.69) is 6.08 Å². The van der Waals surface area contributed by atoms with Crippen LogP contribution in [0, 0.1) is 5.92 Å². The lowest BCUT2D eigenvalue weighted by molar-refractivity contribution is 0.0861. The fourth-order valence-corrected chi connectivity index (χ4v) is 1.40. The number of hydrogen-bond donors (Lipinski definition) is 3. The Balaban J connectivity index is 2.52. The highest BCUT2D eigenvalue weighted by molar-refractivity contribution is 5.08. The van der Waals surface area contributed by atoms with Gasteiger partial charge in [0.1, 0.15) is 11.9 Å². The van der Waals surface area contributed by atoms with E-state index in [1.54, 1.807) is 6.08 Å². The second kappa shape index (κ2) is 5.04. The van der Waals surface area contributed by atoms with Crippen LogP contribution < -0.4 is 0 Å². The van der Waals surface area contributed by atoms with Crippen molar-refractivity contribution in [1.82, 2.24) is 0 Å². The summed E-state index contributed by atoms with van der Waals surface area (Å²) in [6.45, 7) is -0.432. The van der Waals surface area contributed by atoms with E-state index in [9.17, 15) is 5.11 Å². The van der Waals surface area contributed by atoms with Gasteiger partial charge < -0.3 is 15.3 Å². The first-order chi connectivity index (χ1) is 6.24. The highest BCUT2D eigenvalue weighted by Crippen LogP contribution is 2.19. The lowest BCUT2D eigenvalue weighted by atomic mass is 9.95. The molecule has 3 heteroatoms. The van der Waals surface area contributed by atoms with E-state index in [-0.39, 0.29) is 11.7 Å². The molecule has 0 saturated heterocycles. The van der Waals surface area contributed by atoms with Gasteiger partial charge in [-0.25, -0.2) is 0 Å². The molecule has 2 unspecified atom stereocenters. The molecular formula is C10H16O3. The topological polar surface area (TPSA) is 60.7 Å². The molecule has 74 valence electrons. The molecule has 0 bridgehead atoms. The van der Waals surface area contributed by atoms with Crippen LogP contribution in [0.2, 0.25) is 0 Å². The van der Waals surface area contributed by atoms with Gasteiger partial charge in [0, 0.05) is 0 Å². The fourth-order valence-electron chi connectivity index (χ4n) is 1.40. The molecule has 0 amide bonds. The third kappa shape index (κ3) is 3.20. The Bertz CT molecular complexity index is 208. The van der Waals surface area contributed by atoms with E-state index < -0.39 is 12.7 Å². The zero-order chi connectivity index (χ0) is 9.68. The summed E-state index contributed by atoms with van der Waals surface area (Å²) in [5, 5.41) is 26.9. The molecule has 1 aliphatic rings. The summed E-state index contributed by atoms with van der Waals surface area (Å²) >= 11 is 0. The maximum Gasteiger partial charge on any atom is 0.133 e. The molecule has 0 aromatic rings. The fraction of sp³-hybridized carbons (Fsp3) is 0.600. The summed E-state index contributed by atoms with van der Waals surface area (Å²) in [6.07, 6.45) is 7.77. The third-order valence-corrected chi connectivity index (χ3v) is 2.19. The Labute approximate surface area is 78.0 Å². The van der Waals surface area contributed by atoms with E-state index in [0.717, 1.165) is 19.3 Å². The maximum absolute atomic E-state index is 9.29. The van der Waals surface area contributed by atoms with Crippen LogP contribution in [0.5, 0.6) is 0 Å². The van der Waals surface area contributed by atoms with Gasteiger partial charge in [-0.15, -0.1) is 0 Å². The van der Waals surface area contributed by atoms with Crippen LogP contribution >= 0.6 is 0 Å². The van der Waals surface area contributed by atoms with Crippen molar-refractivity contribution in [3.05, 3.63) is 24.0 Å². The van der Waals surface area contributed by atoms with Gasteiger partial charge in [-0.05, 0) is 31.3 Å². The van der Waals surface area contributed by atoms with Gasteiger partial charge in [-0.2, -0.15) is 0 Å². The SMILES string of the molecule is OCC(O)C(O)=CC1C=CCCC1. The highest BCUT2D eigenvalue weighted by atomic mass is 16.3. The van der Waals surface area contributed by atoms with Gasteiger partial charge in [-0.1, -0.05) is 12.2 Å². The summed E-state index contributed by atoms with van der Waals surface area (Å²) < 4.78 is 0. The smallest absolute Gasteiger partial charge is 0.133 e. The first-order valence-corrected chi connectivity index (χ1v) is 4.60. The van der Waals surface area contributed by atoms with Crippen LogP contribution in [-0.4, -0.2) is 28.0 Å². The van der Waals surface area contributed by atoms with Gasteiger partial charge in [0.2, 0.25) is 0 Å². The predicted octanol–water partition coefficient (Wildman–Crippen LogP) is 1.14. The van der Waals surface area contributed by atoms with Crippen molar-refractivity contribution in [1.29, 1.82) is 0 Å². The largest absolute Gasteiger partial charge is 0.510 e. The molecule has 0 heterocycles. The van der Waals surface area contributed by atoms with Gasteiger partial charge >= 0.3 is 0 Å². The molecule has 0 aromatic carbocycles. The molecule has 0 spiro atoms. The van der Waals surface area contributed by atoms with Crippen LogP contribution in [-0.2, 0) is 0 Å². The Hall–Kier alpha value is -0.800. The van der Waals surface area contributed by atoms with Gasteiger partial charge in [-0.3, -0.25) is 0 Å². The molecule has 0 aliphatic heterocycles. The molecular weight excluding hydrogens is 168 g/mol. The molecule has 3 nitrogen and oxygen atoms in total. The quantitative estimate of drug-likeness (QED) is 0.455. The van der Waals surface area contributed by atoms with E-state index >= 15 is 0 Å². The van der Waals surface area contributed by atoms with Crippen molar-refractivity contribution >= 4 is 0 Å². The van der Waals surface area contributed by atoms with Crippen molar-refractivity contribution in [3.8, 4) is 0 Å². The van der Waals surface area contributed by atoms with E-state index in [4.69, 9.17) is 10.2 Å². The summed E-state index contributed by atoms with van der Waals surface area (Å²) in [5.41, 5.74) is 0. The summed E-state index contributed by atoms with van der Waals surface area (Å²) in [4.78, 5) is 0. The second-order valence-electron chi connectivity index (χ2n) is 3.31. The van der Waals surface area contributed by atoms with Crippen molar-refractivity contribution < 1.29 is 15.3 Å². The molecule has 0 radical (unpaired) electrons. The van der Waals surface area contributed by atoms with Crippen molar-refractivity contribution in [2.45, 2.75) is 25.4 Å². The van der Waals surface area contributed by atoms with Gasteiger partial charge in [0.05, 0.1) is 6.61 Å². The highest BCUT2D eigenvalue weighted by Gasteiger charge is 2.11. The first kappa shape index (κ1) is 10.3. The maximum atomic E-state index is 9.29. The van der Waals surface area contributed by atoms with Crippen LogP contribution in [0.3, 0.4) is 0 Å². The molecule has 1 rings (SSSR count). The van der Waals surface area contributed by atoms with Crippen LogP contribution in [0.4, 0.5) is 0 Å². The summed E-state index contributed by atoms with van der Waals surface area (Å²) in [5.74, 6) is 0.0778. The van der Waals surface area contributed by atoms with E-state index in [1.165, 1.54) is 0 Å². The summed E-state index contributed by atoms with van der Waals surface area (Å²) in [7, 11) is 0. The normalized spacial score (nSPS) is 26.0. The van der Waals surface area contributed by atoms with Crippen LogP contribution in [0.15, 0.2) is 24.0 Å². The van der Waals surface area contributed by atoms with Crippen molar-refractivity contribution in [2.24, 2.45) is 5.92 Å². The van der Waals surface area contributed by atoms with Crippen molar-refractivity contribution in [3.63, 3.8) is 0 Å². The Morgan fingerprint density at radius 2 is 2.38 bits per heavy atom. The Morgan fingerprint density at radius 1 is 1.62 bits per heavy atom. The summed E-state index contributed by atoms with van der Waals surface area (Å²) in [6, 6.07) is 0. The standard InChI is InChI=1S/C10H16O3/c11-7-10(13)9(12)6-8-4-2-1-3-5-8/h2,4,6,8,10-13H,1,3,5,7H2. The minimum absolute atomic E-state index is 0.126. The zero-order valence-electron chi connectivity index (χ0n) is 7.56. The Kier molecular flexibility index (Phi) is 3.99. The minimum Gasteiger partial charge on any atom is -0.510 e. The number of allylic oxidation sites excluding steroid dienone is 3. The molecule has 3 N–H and O–H groups in total. The lowest BCUT2D eigenvalue weighted by Crippen LogP contribution is -2.16.